The number of fused-ring (bicyclic) bond motifs is 2. The molecule has 2 amide bonds. The third-order valence-corrected chi connectivity index (χ3v) is 7.59. The molecule has 20 heteroatoms. The number of rotatable bonds is 8. The zero-order valence-corrected chi connectivity index (χ0v) is 21.5. The molecule has 1 saturated heterocycles. The fraction of sp³-hybridized carbons (Fsp3) is 0.300. The quantitative estimate of drug-likeness (QED) is 0.111. The number of carbonyl (C=O) groups is 3. The highest BCUT2D eigenvalue weighted by atomic mass is 32.2. The lowest BCUT2D eigenvalue weighted by Gasteiger charge is -2.49. The van der Waals surface area contributed by atoms with Crippen LogP contribution in [0.3, 0.4) is 0 Å². The Morgan fingerprint density at radius 2 is 2.12 bits per heavy atom. The second kappa shape index (κ2) is 10.3. The number of nitrogens with two attached hydrogens (primary N) is 2. The molecule has 2 atom stereocenters. The van der Waals surface area contributed by atoms with Crippen molar-refractivity contribution in [1.29, 1.82) is 0 Å². The number of anilines is 2. The summed E-state index contributed by atoms with van der Waals surface area (Å²) in [6, 6.07) is 2.22. The second-order valence-electron chi connectivity index (χ2n) is 8.38. The number of nitrogens with zero attached hydrogens (tertiary/aromatic N) is 7. The number of nitrogens with one attached hydrogen (secondary N) is 1. The number of carboxylic acid groups (broad SMARTS) is 1. The van der Waals surface area contributed by atoms with E-state index in [4.69, 9.17) is 11.5 Å². The number of imidazole rings is 1. The molecule has 0 saturated carbocycles. The van der Waals surface area contributed by atoms with Crippen LogP contribution in [0.5, 0.6) is 0 Å². The molecular formula is C20H18F3N10O5S2+. The van der Waals surface area contributed by atoms with Gasteiger partial charge in [-0.05, 0) is 6.07 Å². The highest BCUT2D eigenvalue weighted by Crippen LogP contribution is 2.40. The van der Waals surface area contributed by atoms with Crippen LogP contribution in [0, 0.1) is 0 Å². The molecule has 3 aromatic heterocycles. The number of carbonyl (C=O) groups excluding carboxylic acids is 2. The van der Waals surface area contributed by atoms with Crippen molar-refractivity contribution in [1.82, 2.24) is 29.2 Å². The van der Waals surface area contributed by atoms with E-state index in [1.807, 2.05) is 0 Å². The summed E-state index contributed by atoms with van der Waals surface area (Å²) < 4.78 is 44.5. The SMILES string of the molecule is Nc1nc(/C(=N/OCC(F)(F)F)C(=O)N[C@@H]2C(=O)N3C(C(=O)O)=C(C[n+]4cc(N)n5ncccc54)CS[C@H]23)ns1. The summed E-state index contributed by atoms with van der Waals surface area (Å²) in [4.78, 5) is 47.2. The normalized spacial score (nSPS) is 19.4. The Balaban J connectivity index is 1.36. The van der Waals surface area contributed by atoms with Crippen molar-refractivity contribution in [2.75, 3.05) is 23.8 Å². The average molecular weight is 600 g/mol. The van der Waals surface area contributed by atoms with E-state index < -0.39 is 53.5 Å². The molecule has 5 rings (SSSR count). The number of oxime groups is 1. The average Bonchev–Trinajstić information content (AvgIpc) is 3.46. The van der Waals surface area contributed by atoms with Gasteiger partial charge in [-0.15, -0.1) is 11.8 Å². The molecule has 0 aromatic carbocycles. The van der Waals surface area contributed by atoms with Gasteiger partial charge in [0.25, 0.3) is 17.6 Å². The first kappa shape index (κ1) is 27.1. The highest BCUT2D eigenvalue weighted by Gasteiger charge is 2.54. The van der Waals surface area contributed by atoms with Crippen molar-refractivity contribution in [2.45, 2.75) is 24.1 Å². The van der Waals surface area contributed by atoms with Crippen LogP contribution >= 0.6 is 23.3 Å². The zero-order chi connectivity index (χ0) is 28.8. The van der Waals surface area contributed by atoms with Crippen molar-refractivity contribution in [3.8, 4) is 0 Å². The molecular weight excluding hydrogens is 581 g/mol. The van der Waals surface area contributed by atoms with Crippen molar-refractivity contribution < 1.29 is 42.1 Å². The fourth-order valence-corrected chi connectivity index (χ4v) is 5.86. The Kier molecular flexibility index (Phi) is 6.96. The second-order valence-corrected chi connectivity index (χ2v) is 10.3. The van der Waals surface area contributed by atoms with Crippen LogP contribution < -0.4 is 21.4 Å². The molecule has 0 aliphatic carbocycles. The van der Waals surface area contributed by atoms with Crippen molar-refractivity contribution in [2.24, 2.45) is 5.16 Å². The van der Waals surface area contributed by atoms with Crippen LogP contribution in [0.15, 0.2) is 41.0 Å². The minimum absolute atomic E-state index is 0.0878. The minimum Gasteiger partial charge on any atom is -0.477 e. The first-order chi connectivity index (χ1) is 18.9. The van der Waals surface area contributed by atoms with Gasteiger partial charge in [0.15, 0.2) is 11.3 Å². The first-order valence-corrected chi connectivity index (χ1v) is 13.0. The zero-order valence-electron chi connectivity index (χ0n) is 19.9. The smallest absolute Gasteiger partial charge is 0.425 e. The van der Waals surface area contributed by atoms with E-state index >= 15 is 0 Å². The number of nitrogen functional groups attached to an aromatic ring is 2. The summed E-state index contributed by atoms with van der Waals surface area (Å²) in [7, 11) is 0. The van der Waals surface area contributed by atoms with Crippen LogP contribution in [-0.2, 0) is 25.8 Å². The topological polar surface area (TPSA) is 207 Å². The number of aliphatic carboxylic acids is 1. The largest absolute Gasteiger partial charge is 0.477 e. The van der Waals surface area contributed by atoms with Crippen molar-refractivity contribution >= 4 is 63.4 Å². The Morgan fingerprint density at radius 3 is 2.80 bits per heavy atom. The van der Waals surface area contributed by atoms with Gasteiger partial charge in [0.05, 0.1) is 6.20 Å². The Hall–Kier alpha value is -4.46. The van der Waals surface area contributed by atoms with E-state index in [0.29, 0.717) is 28.6 Å². The van der Waals surface area contributed by atoms with Gasteiger partial charge in [-0.25, -0.2) is 9.36 Å². The maximum atomic E-state index is 13.1. The third kappa shape index (κ3) is 5.09. The molecule has 2 aliphatic heterocycles. The lowest BCUT2D eigenvalue weighted by atomic mass is 10.0. The van der Waals surface area contributed by atoms with Crippen molar-refractivity contribution in [3.05, 3.63) is 41.6 Å². The molecule has 2 aliphatic rings. The number of halogens is 3. The number of β-lactam (4-membered cyclic amide) rings is 1. The lowest BCUT2D eigenvalue weighted by molar-refractivity contribution is -0.662. The number of carboxylic acids is 1. The summed E-state index contributed by atoms with van der Waals surface area (Å²) >= 11 is 1.86. The third-order valence-electron chi connectivity index (χ3n) is 5.71. The molecule has 0 radical (unpaired) electrons. The predicted octanol–water partition coefficient (Wildman–Crippen LogP) is -0.640. The monoisotopic (exact) mass is 599 g/mol. The van der Waals surface area contributed by atoms with Gasteiger partial charge < -0.3 is 26.7 Å². The molecule has 5 heterocycles. The Morgan fingerprint density at radius 1 is 1.35 bits per heavy atom. The van der Waals surface area contributed by atoms with Gasteiger partial charge in [-0.1, -0.05) is 14.8 Å². The number of aromatic nitrogens is 5. The van der Waals surface area contributed by atoms with E-state index in [1.54, 1.807) is 29.1 Å². The standard InChI is InChI=1S/C20H17F3N10O5S2/c21-20(22,23)7-38-29-11(14-28-19(25)40-30-14)15(34)27-12-16(35)32-13(18(36)37)8(6-39-17(12)32)4-31-5-9(24)33-10(31)2-1-3-26-33/h1-3,5,12,17H,4,6-7H2,(H5-,24,25,26,27,28,30,34,36,37)/p+1/b29-11-/t12-,17-/m1/s1. The molecule has 40 heavy (non-hydrogen) atoms. The lowest BCUT2D eigenvalue weighted by Crippen LogP contribution is -2.71. The van der Waals surface area contributed by atoms with Crippen LogP contribution in [-0.4, -0.2) is 82.4 Å². The predicted molar refractivity (Wildman–Crippen MR) is 132 cm³/mol. The van der Waals surface area contributed by atoms with Gasteiger partial charge in [-0.2, -0.15) is 22.5 Å². The first-order valence-electron chi connectivity index (χ1n) is 11.1. The number of alkyl halides is 3. The summed E-state index contributed by atoms with van der Waals surface area (Å²) in [5.41, 5.74) is 11.5. The van der Waals surface area contributed by atoms with E-state index in [2.05, 4.69) is 29.8 Å². The summed E-state index contributed by atoms with van der Waals surface area (Å²) in [5.74, 6) is -3.09. The molecule has 0 bridgehead atoms. The Bertz CT molecular complexity index is 1590. The minimum atomic E-state index is -4.73. The van der Waals surface area contributed by atoms with E-state index in [-0.39, 0.29) is 23.1 Å². The van der Waals surface area contributed by atoms with Gasteiger partial charge in [-0.3, -0.25) is 14.5 Å². The fourth-order valence-electron chi connectivity index (χ4n) is 4.09. The number of thioether (sulfide) groups is 1. The van der Waals surface area contributed by atoms with Gasteiger partial charge >= 0.3 is 17.8 Å². The summed E-state index contributed by atoms with van der Waals surface area (Å²) in [6.45, 7) is -1.69. The summed E-state index contributed by atoms with van der Waals surface area (Å²) in [6.07, 6.45) is -1.59. The van der Waals surface area contributed by atoms with Crippen LogP contribution in [0.25, 0.3) is 5.65 Å². The van der Waals surface area contributed by atoms with Crippen LogP contribution in [0.4, 0.5) is 24.1 Å². The molecule has 6 N–H and O–H groups in total. The molecule has 0 unspecified atom stereocenters. The highest BCUT2D eigenvalue weighted by molar-refractivity contribution is 8.00. The maximum Gasteiger partial charge on any atom is 0.425 e. The van der Waals surface area contributed by atoms with Crippen LogP contribution in [0.1, 0.15) is 5.82 Å². The number of hydrogen-bond donors (Lipinski definition) is 4. The van der Waals surface area contributed by atoms with E-state index in [9.17, 15) is 32.7 Å². The Labute approximate surface area is 229 Å². The number of amides is 2. The van der Waals surface area contributed by atoms with Crippen molar-refractivity contribution in [3.63, 3.8) is 0 Å². The molecule has 1 fully saturated rings. The molecule has 3 aromatic rings. The maximum absolute atomic E-state index is 13.1. The summed E-state index contributed by atoms with van der Waals surface area (Å²) in [5, 5.41) is 18.8. The molecule has 210 valence electrons. The van der Waals surface area contributed by atoms with E-state index in [1.165, 1.54) is 16.3 Å². The molecule has 15 nitrogen and oxygen atoms in total. The van der Waals surface area contributed by atoms with Gasteiger partial charge in [0, 0.05) is 28.9 Å². The molecule has 0 spiro atoms. The van der Waals surface area contributed by atoms with Gasteiger partial charge in [0.1, 0.15) is 23.7 Å². The van der Waals surface area contributed by atoms with Gasteiger partial charge in [0.2, 0.25) is 18.1 Å². The number of hydrogen-bond acceptors (Lipinski definition) is 12. The van der Waals surface area contributed by atoms with Crippen LogP contribution in [0.2, 0.25) is 0 Å². The van der Waals surface area contributed by atoms with E-state index in [0.717, 1.165) is 4.90 Å².